The Bertz CT molecular complexity index is 807. The van der Waals surface area contributed by atoms with E-state index in [-0.39, 0.29) is 42.2 Å². The van der Waals surface area contributed by atoms with E-state index >= 15 is 0 Å². The summed E-state index contributed by atoms with van der Waals surface area (Å²) in [6.07, 6.45) is 0. The summed E-state index contributed by atoms with van der Waals surface area (Å²) >= 11 is 0. The van der Waals surface area contributed by atoms with Crippen LogP contribution >= 0.6 is 12.4 Å². The summed E-state index contributed by atoms with van der Waals surface area (Å²) < 4.78 is 1.40. The Hall–Kier alpha value is -2.52. The standard InChI is InChI=1S/C16H22N6O3.ClH/c1-10(2)16(4,9-17)18-15(23)14-11(3)21(20-19-14)12-6-5-7-13(8-12)22(24)25;/h5-8,10H,9,17H2,1-4H3,(H,18,23);1H. The van der Waals surface area contributed by atoms with Crippen molar-refractivity contribution in [1.82, 2.24) is 20.3 Å². The molecule has 0 saturated heterocycles. The number of nitrogens with zero attached hydrogens (tertiary/aromatic N) is 4. The minimum absolute atomic E-state index is 0. The Labute approximate surface area is 157 Å². The van der Waals surface area contributed by atoms with Crippen molar-refractivity contribution in [1.29, 1.82) is 0 Å². The van der Waals surface area contributed by atoms with Crippen LogP contribution in [0.15, 0.2) is 24.3 Å². The molecule has 0 fully saturated rings. The number of hydrogen-bond acceptors (Lipinski definition) is 6. The van der Waals surface area contributed by atoms with E-state index in [0.29, 0.717) is 11.4 Å². The number of non-ortho nitro benzene ring substituents is 1. The van der Waals surface area contributed by atoms with Gasteiger partial charge in [0.05, 0.1) is 21.8 Å². The average molecular weight is 383 g/mol. The maximum absolute atomic E-state index is 12.6. The van der Waals surface area contributed by atoms with Gasteiger partial charge in [0, 0.05) is 18.7 Å². The van der Waals surface area contributed by atoms with Gasteiger partial charge in [-0.05, 0) is 25.8 Å². The lowest BCUT2D eigenvalue weighted by Gasteiger charge is -2.33. The first-order valence-electron chi connectivity index (χ1n) is 7.89. The summed E-state index contributed by atoms with van der Waals surface area (Å²) in [5.74, 6) is -0.246. The third kappa shape index (κ3) is 4.17. The molecular weight excluding hydrogens is 360 g/mol. The van der Waals surface area contributed by atoms with Crippen LogP contribution in [-0.2, 0) is 0 Å². The van der Waals surface area contributed by atoms with Crippen molar-refractivity contribution in [3.63, 3.8) is 0 Å². The van der Waals surface area contributed by atoms with E-state index in [1.54, 1.807) is 19.1 Å². The Morgan fingerprint density at radius 3 is 2.65 bits per heavy atom. The maximum Gasteiger partial charge on any atom is 0.274 e. The molecule has 1 aromatic heterocycles. The Morgan fingerprint density at radius 2 is 2.12 bits per heavy atom. The zero-order valence-electron chi connectivity index (χ0n) is 15.1. The highest BCUT2D eigenvalue weighted by atomic mass is 35.5. The summed E-state index contributed by atoms with van der Waals surface area (Å²) in [7, 11) is 0. The van der Waals surface area contributed by atoms with Gasteiger partial charge in [0.1, 0.15) is 0 Å². The largest absolute Gasteiger partial charge is 0.344 e. The van der Waals surface area contributed by atoms with Gasteiger partial charge in [-0.1, -0.05) is 25.1 Å². The molecule has 0 radical (unpaired) electrons. The highest BCUT2D eigenvalue weighted by molar-refractivity contribution is 5.93. The van der Waals surface area contributed by atoms with Crippen molar-refractivity contribution in [2.24, 2.45) is 11.7 Å². The van der Waals surface area contributed by atoms with Gasteiger partial charge in [0.25, 0.3) is 11.6 Å². The van der Waals surface area contributed by atoms with E-state index in [2.05, 4.69) is 15.6 Å². The monoisotopic (exact) mass is 382 g/mol. The van der Waals surface area contributed by atoms with E-state index in [9.17, 15) is 14.9 Å². The minimum atomic E-state index is -0.571. The van der Waals surface area contributed by atoms with Gasteiger partial charge in [-0.15, -0.1) is 17.5 Å². The number of nitro groups is 1. The fraction of sp³-hybridized carbons (Fsp3) is 0.438. The zero-order valence-corrected chi connectivity index (χ0v) is 15.9. The van der Waals surface area contributed by atoms with Crippen molar-refractivity contribution in [2.75, 3.05) is 6.54 Å². The highest BCUT2D eigenvalue weighted by Gasteiger charge is 2.31. The van der Waals surface area contributed by atoms with E-state index in [1.165, 1.54) is 16.8 Å². The zero-order chi connectivity index (χ0) is 18.8. The molecule has 1 amide bonds. The molecular formula is C16H23ClN6O3. The van der Waals surface area contributed by atoms with Crippen molar-refractivity contribution < 1.29 is 9.72 Å². The second-order valence-corrected chi connectivity index (χ2v) is 6.44. The summed E-state index contributed by atoms with van der Waals surface area (Å²) in [6.45, 7) is 7.78. The lowest BCUT2D eigenvalue weighted by molar-refractivity contribution is -0.384. The molecule has 9 nitrogen and oxygen atoms in total. The molecule has 1 aromatic carbocycles. The van der Waals surface area contributed by atoms with Crippen LogP contribution in [0.2, 0.25) is 0 Å². The number of carbonyl (C=O) groups excluding carboxylic acids is 1. The molecule has 2 rings (SSSR count). The highest BCUT2D eigenvalue weighted by Crippen LogP contribution is 2.20. The number of rotatable bonds is 6. The van der Waals surface area contributed by atoms with Gasteiger partial charge in [-0.2, -0.15) is 0 Å². The molecule has 0 saturated carbocycles. The van der Waals surface area contributed by atoms with Gasteiger partial charge in [0.15, 0.2) is 5.69 Å². The van der Waals surface area contributed by atoms with Crippen molar-refractivity contribution >= 4 is 24.0 Å². The van der Waals surface area contributed by atoms with Crippen LogP contribution in [0.3, 0.4) is 0 Å². The molecule has 1 atom stereocenters. The SMILES string of the molecule is Cc1c(C(=O)NC(C)(CN)C(C)C)nnn1-c1cccc([N+](=O)[O-])c1.Cl. The van der Waals surface area contributed by atoms with E-state index in [1.807, 2.05) is 20.8 Å². The van der Waals surface area contributed by atoms with Gasteiger partial charge in [-0.25, -0.2) is 4.68 Å². The molecule has 26 heavy (non-hydrogen) atoms. The first-order chi connectivity index (χ1) is 11.7. The third-order valence-corrected chi connectivity index (χ3v) is 4.49. The normalized spacial score (nSPS) is 13.0. The molecule has 1 unspecified atom stereocenters. The molecule has 0 aliphatic heterocycles. The Morgan fingerprint density at radius 1 is 1.46 bits per heavy atom. The van der Waals surface area contributed by atoms with Gasteiger partial charge in [0.2, 0.25) is 0 Å². The molecule has 0 bridgehead atoms. The smallest absolute Gasteiger partial charge is 0.274 e. The fourth-order valence-corrected chi connectivity index (χ4v) is 2.27. The number of nitrogens with one attached hydrogen (secondary N) is 1. The van der Waals surface area contributed by atoms with Crippen LogP contribution in [-0.4, -0.2) is 37.9 Å². The van der Waals surface area contributed by atoms with E-state index < -0.39 is 10.5 Å². The van der Waals surface area contributed by atoms with Crippen LogP contribution in [0.5, 0.6) is 0 Å². The Balaban J connectivity index is 0.00000338. The average Bonchev–Trinajstić information content (AvgIpc) is 2.96. The van der Waals surface area contributed by atoms with Crippen LogP contribution < -0.4 is 11.1 Å². The molecule has 142 valence electrons. The van der Waals surface area contributed by atoms with Crippen molar-refractivity contribution in [3.05, 3.63) is 45.8 Å². The molecule has 1 heterocycles. The number of aromatic nitrogens is 3. The Kier molecular flexibility index (Phi) is 6.82. The van der Waals surface area contributed by atoms with Gasteiger partial charge < -0.3 is 11.1 Å². The van der Waals surface area contributed by atoms with Crippen molar-refractivity contribution in [2.45, 2.75) is 33.2 Å². The second kappa shape index (κ2) is 8.24. The number of amides is 1. The lowest BCUT2D eigenvalue weighted by Crippen LogP contribution is -2.55. The maximum atomic E-state index is 12.6. The minimum Gasteiger partial charge on any atom is -0.344 e. The van der Waals surface area contributed by atoms with E-state index in [0.717, 1.165) is 0 Å². The van der Waals surface area contributed by atoms with Crippen LogP contribution in [0, 0.1) is 23.0 Å². The predicted molar refractivity (Wildman–Crippen MR) is 99.8 cm³/mol. The summed E-state index contributed by atoms with van der Waals surface area (Å²) in [6, 6.07) is 5.98. The molecule has 10 heteroatoms. The number of benzene rings is 1. The van der Waals surface area contributed by atoms with Gasteiger partial charge >= 0.3 is 0 Å². The van der Waals surface area contributed by atoms with E-state index in [4.69, 9.17) is 5.73 Å². The first kappa shape index (κ1) is 21.5. The van der Waals surface area contributed by atoms with Crippen LogP contribution in [0.25, 0.3) is 5.69 Å². The molecule has 0 aliphatic carbocycles. The topological polar surface area (TPSA) is 129 Å². The second-order valence-electron chi connectivity index (χ2n) is 6.44. The predicted octanol–water partition coefficient (Wildman–Crippen LogP) is 2.01. The number of nitrogens with two attached hydrogens (primary N) is 1. The molecule has 3 N–H and O–H groups in total. The molecule has 0 spiro atoms. The number of carbonyl (C=O) groups is 1. The fourth-order valence-electron chi connectivity index (χ4n) is 2.27. The molecule has 2 aromatic rings. The number of halogens is 1. The summed E-state index contributed by atoms with van der Waals surface area (Å²) in [5.41, 5.74) is 6.27. The molecule has 0 aliphatic rings. The number of hydrogen-bond donors (Lipinski definition) is 2. The lowest BCUT2D eigenvalue weighted by atomic mass is 9.88. The quantitative estimate of drug-likeness (QED) is 0.580. The van der Waals surface area contributed by atoms with Crippen LogP contribution in [0.1, 0.15) is 37.0 Å². The van der Waals surface area contributed by atoms with Crippen molar-refractivity contribution in [3.8, 4) is 5.69 Å². The summed E-state index contributed by atoms with van der Waals surface area (Å²) in [5, 5.41) is 21.7. The van der Waals surface area contributed by atoms with Crippen LogP contribution in [0.4, 0.5) is 5.69 Å². The summed E-state index contributed by atoms with van der Waals surface area (Å²) in [4.78, 5) is 23.0. The number of nitro benzene ring substituents is 1. The van der Waals surface area contributed by atoms with Gasteiger partial charge in [-0.3, -0.25) is 14.9 Å². The third-order valence-electron chi connectivity index (χ3n) is 4.49. The first-order valence-corrected chi connectivity index (χ1v) is 7.89.